The van der Waals surface area contributed by atoms with Crippen molar-refractivity contribution in [3.8, 4) is 5.75 Å². The Morgan fingerprint density at radius 1 is 1.31 bits per heavy atom. The van der Waals surface area contributed by atoms with E-state index in [0.717, 1.165) is 36.3 Å². The number of hydrogen-bond donors (Lipinski definition) is 0. The zero-order chi connectivity index (χ0) is 11.5. The minimum Gasteiger partial charge on any atom is -0.501 e. The first kappa shape index (κ1) is 11.6. The lowest BCUT2D eigenvalue weighted by atomic mass is 10.0. The molecule has 4 heteroatoms. The van der Waals surface area contributed by atoms with Gasteiger partial charge in [-0.05, 0) is 30.5 Å². The Morgan fingerprint density at radius 3 is 2.75 bits per heavy atom. The number of ether oxygens (including phenoxy) is 2. The van der Waals surface area contributed by atoms with E-state index in [0.29, 0.717) is 10.0 Å². The first-order chi connectivity index (χ1) is 7.74. The molecule has 0 radical (unpaired) electrons. The van der Waals surface area contributed by atoms with Crippen LogP contribution in [0.5, 0.6) is 5.75 Å². The van der Waals surface area contributed by atoms with Crippen molar-refractivity contribution >= 4 is 28.8 Å². The van der Waals surface area contributed by atoms with Crippen LogP contribution in [0.1, 0.15) is 18.4 Å². The number of hydrogen-bond acceptors (Lipinski definition) is 2. The molecule has 0 atom stereocenters. The zero-order valence-corrected chi connectivity index (χ0v) is 10.4. The first-order valence-corrected chi connectivity index (χ1v) is 5.82. The van der Waals surface area contributed by atoms with Gasteiger partial charge in [0.15, 0.2) is 0 Å². The number of allylic oxidation sites excluding steroid dienone is 1. The molecule has 0 unspecified atom stereocenters. The summed E-state index contributed by atoms with van der Waals surface area (Å²) in [5.74, 6) is 0.728. The SMILES string of the molecule is COc1ccc(Cl)c(Cl)c1C1=COCCC1. The average molecular weight is 259 g/mol. The predicted octanol–water partition coefficient (Wildman–Crippen LogP) is 4.15. The molecule has 86 valence electrons. The van der Waals surface area contributed by atoms with Gasteiger partial charge in [0.25, 0.3) is 0 Å². The Balaban J connectivity index is 2.52. The second-order valence-corrected chi connectivity index (χ2v) is 4.34. The third-order valence-electron chi connectivity index (χ3n) is 2.53. The standard InChI is InChI=1S/C12H12Cl2O2/c1-15-10-5-4-9(13)12(14)11(10)8-3-2-6-16-7-8/h4-5,7H,2-3,6H2,1H3. The van der Waals surface area contributed by atoms with Gasteiger partial charge in [0.1, 0.15) is 5.75 Å². The number of halogens is 2. The molecule has 1 aromatic rings. The highest BCUT2D eigenvalue weighted by Gasteiger charge is 2.17. The molecule has 0 saturated carbocycles. The van der Waals surface area contributed by atoms with E-state index in [1.165, 1.54) is 0 Å². The van der Waals surface area contributed by atoms with Gasteiger partial charge < -0.3 is 9.47 Å². The summed E-state index contributed by atoms with van der Waals surface area (Å²) < 4.78 is 10.6. The van der Waals surface area contributed by atoms with Gasteiger partial charge >= 0.3 is 0 Å². The summed E-state index contributed by atoms with van der Waals surface area (Å²) in [6.45, 7) is 0.754. The Morgan fingerprint density at radius 2 is 2.12 bits per heavy atom. The van der Waals surface area contributed by atoms with Crippen LogP contribution in [0.15, 0.2) is 18.4 Å². The monoisotopic (exact) mass is 258 g/mol. The van der Waals surface area contributed by atoms with Crippen LogP contribution in [0.2, 0.25) is 10.0 Å². The lowest BCUT2D eigenvalue weighted by Gasteiger charge is -2.18. The molecule has 0 saturated heterocycles. The first-order valence-electron chi connectivity index (χ1n) is 5.07. The molecule has 0 bridgehead atoms. The lowest BCUT2D eigenvalue weighted by molar-refractivity contribution is 0.235. The van der Waals surface area contributed by atoms with E-state index in [4.69, 9.17) is 32.7 Å². The fourth-order valence-corrected chi connectivity index (χ4v) is 2.19. The van der Waals surface area contributed by atoms with Crippen LogP contribution >= 0.6 is 23.2 Å². The smallest absolute Gasteiger partial charge is 0.128 e. The van der Waals surface area contributed by atoms with Crippen molar-refractivity contribution in [1.29, 1.82) is 0 Å². The minimum absolute atomic E-state index is 0.526. The fraction of sp³-hybridized carbons (Fsp3) is 0.333. The summed E-state index contributed by atoms with van der Waals surface area (Å²) in [6.07, 6.45) is 3.65. The molecule has 0 fully saturated rings. The molecule has 2 nitrogen and oxygen atoms in total. The number of rotatable bonds is 2. The molecule has 0 aromatic heterocycles. The zero-order valence-electron chi connectivity index (χ0n) is 8.93. The molecule has 0 spiro atoms. The highest BCUT2D eigenvalue weighted by Crippen LogP contribution is 2.40. The van der Waals surface area contributed by atoms with Crippen molar-refractivity contribution in [2.24, 2.45) is 0 Å². The Bertz CT molecular complexity index is 427. The molecule has 1 aromatic carbocycles. The van der Waals surface area contributed by atoms with Gasteiger partial charge in [-0.1, -0.05) is 23.2 Å². The number of methoxy groups -OCH3 is 1. The Labute approximate surface area is 105 Å². The third kappa shape index (κ3) is 2.13. The molecular weight excluding hydrogens is 247 g/mol. The Kier molecular flexibility index (Phi) is 3.62. The fourth-order valence-electron chi connectivity index (χ4n) is 1.75. The molecule has 0 aliphatic carbocycles. The predicted molar refractivity (Wildman–Crippen MR) is 66.2 cm³/mol. The molecule has 2 rings (SSSR count). The van der Waals surface area contributed by atoms with Gasteiger partial charge in [-0.3, -0.25) is 0 Å². The highest BCUT2D eigenvalue weighted by atomic mass is 35.5. The van der Waals surface area contributed by atoms with Crippen LogP contribution in [0.25, 0.3) is 5.57 Å². The highest BCUT2D eigenvalue weighted by molar-refractivity contribution is 6.43. The molecule has 1 heterocycles. The molecule has 16 heavy (non-hydrogen) atoms. The van der Waals surface area contributed by atoms with Crippen LogP contribution in [-0.4, -0.2) is 13.7 Å². The molecule has 1 aliphatic heterocycles. The average Bonchev–Trinajstić information content (AvgIpc) is 2.33. The maximum absolute atomic E-state index is 6.20. The maximum Gasteiger partial charge on any atom is 0.128 e. The van der Waals surface area contributed by atoms with E-state index in [9.17, 15) is 0 Å². The van der Waals surface area contributed by atoms with Crippen molar-refractivity contribution < 1.29 is 9.47 Å². The van der Waals surface area contributed by atoms with Crippen molar-refractivity contribution in [2.45, 2.75) is 12.8 Å². The van der Waals surface area contributed by atoms with Gasteiger partial charge in [0.2, 0.25) is 0 Å². The van der Waals surface area contributed by atoms with E-state index >= 15 is 0 Å². The minimum atomic E-state index is 0.526. The second kappa shape index (κ2) is 4.98. The molecular formula is C12H12Cl2O2. The molecule has 0 N–H and O–H groups in total. The summed E-state index contributed by atoms with van der Waals surface area (Å²) in [6, 6.07) is 3.55. The largest absolute Gasteiger partial charge is 0.501 e. The molecule has 1 aliphatic rings. The van der Waals surface area contributed by atoms with Gasteiger partial charge in [-0.2, -0.15) is 0 Å². The quantitative estimate of drug-likeness (QED) is 0.794. The second-order valence-electron chi connectivity index (χ2n) is 3.56. The van der Waals surface area contributed by atoms with E-state index < -0.39 is 0 Å². The van der Waals surface area contributed by atoms with Crippen molar-refractivity contribution in [3.63, 3.8) is 0 Å². The molecule has 0 amide bonds. The third-order valence-corrected chi connectivity index (χ3v) is 3.34. The number of benzene rings is 1. The van der Waals surface area contributed by atoms with Crippen LogP contribution < -0.4 is 4.74 Å². The summed E-state index contributed by atoms with van der Waals surface area (Å²) in [5.41, 5.74) is 1.88. The summed E-state index contributed by atoms with van der Waals surface area (Å²) >= 11 is 12.2. The van der Waals surface area contributed by atoms with Crippen LogP contribution in [-0.2, 0) is 4.74 Å². The van der Waals surface area contributed by atoms with Crippen molar-refractivity contribution in [2.75, 3.05) is 13.7 Å². The van der Waals surface area contributed by atoms with Gasteiger partial charge in [-0.25, -0.2) is 0 Å². The van der Waals surface area contributed by atoms with Gasteiger partial charge in [0.05, 0.1) is 30.0 Å². The van der Waals surface area contributed by atoms with E-state index in [-0.39, 0.29) is 0 Å². The van der Waals surface area contributed by atoms with Crippen molar-refractivity contribution in [3.05, 3.63) is 34.0 Å². The summed E-state index contributed by atoms with van der Waals surface area (Å²) in [7, 11) is 1.62. The van der Waals surface area contributed by atoms with Gasteiger partial charge in [0, 0.05) is 5.56 Å². The van der Waals surface area contributed by atoms with Crippen LogP contribution in [0, 0.1) is 0 Å². The van der Waals surface area contributed by atoms with E-state index in [2.05, 4.69) is 0 Å². The topological polar surface area (TPSA) is 18.5 Å². The lowest BCUT2D eigenvalue weighted by Crippen LogP contribution is -2.01. The summed E-state index contributed by atoms with van der Waals surface area (Å²) in [4.78, 5) is 0. The van der Waals surface area contributed by atoms with Crippen LogP contribution in [0.3, 0.4) is 0 Å². The van der Waals surface area contributed by atoms with E-state index in [1.54, 1.807) is 19.4 Å². The Hall–Kier alpha value is -0.860. The van der Waals surface area contributed by atoms with Crippen molar-refractivity contribution in [1.82, 2.24) is 0 Å². The van der Waals surface area contributed by atoms with Crippen LogP contribution in [0.4, 0.5) is 0 Å². The normalized spacial score (nSPS) is 15.3. The van der Waals surface area contributed by atoms with Gasteiger partial charge in [-0.15, -0.1) is 0 Å². The van der Waals surface area contributed by atoms with E-state index in [1.807, 2.05) is 6.07 Å². The maximum atomic E-state index is 6.20. The summed E-state index contributed by atoms with van der Waals surface area (Å²) in [5, 5.41) is 1.06.